The van der Waals surface area contributed by atoms with Gasteiger partial charge >= 0.3 is 5.97 Å². The predicted molar refractivity (Wildman–Crippen MR) is 84.5 cm³/mol. The molecule has 8 nitrogen and oxygen atoms in total. The molecule has 0 aromatic carbocycles. The lowest BCUT2D eigenvalue weighted by atomic mass is 10.2. The third-order valence-corrected chi connectivity index (χ3v) is 4.55. The molecule has 0 spiro atoms. The largest absolute Gasteiger partial charge is 0.479 e. The third kappa shape index (κ3) is 3.98. The summed E-state index contributed by atoms with van der Waals surface area (Å²) in [5.74, 6) is -0.0672. The minimum Gasteiger partial charge on any atom is -0.479 e. The average Bonchev–Trinajstić information content (AvgIpc) is 3.26. The Labute approximate surface area is 142 Å². The van der Waals surface area contributed by atoms with Crippen LogP contribution in [-0.2, 0) is 20.7 Å². The van der Waals surface area contributed by atoms with Gasteiger partial charge in [-0.1, -0.05) is 11.2 Å². The van der Waals surface area contributed by atoms with Crippen LogP contribution in [0.25, 0.3) is 10.7 Å². The molecule has 3 rings (SSSR count). The van der Waals surface area contributed by atoms with Crippen LogP contribution in [0.5, 0.6) is 0 Å². The Bertz CT molecular complexity index is 700. The molecule has 1 saturated heterocycles. The van der Waals surface area contributed by atoms with Crippen LogP contribution in [0.4, 0.5) is 0 Å². The number of nitrogens with zero attached hydrogens (tertiary/aromatic N) is 3. The molecule has 1 aliphatic rings. The van der Waals surface area contributed by atoms with E-state index in [4.69, 9.17) is 14.4 Å². The second-order valence-corrected chi connectivity index (χ2v) is 6.33. The number of aromatic nitrogens is 2. The summed E-state index contributed by atoms with van der Waals surface area (Å²) in [6, 6.07) is 3.83. The first kappa shape index (κ1) is 16.6. The highest BCUT2D eigenvalue weighted by Crippen LogP contribution is 2.21. The molecule has 128 valence electrons. The van der Waals surface area contributed by atoms with Gasteiger partial charge in [0.15, 0.2) is 6.10 Å². The smallest absolute Gasteiger partial charge is 0.334 e. The lowest BCUT2D eigenvalue weighted by molar-refractivity contribution is -0.159. The Balaban J connectivity index is 1.46. The number of morpholine rings is 1. The van der Waals surface area contributed by atoms with Crippen LogP contribution in [0.2, 0.25) is 0 Å². The van der Waals surface area contributed by atoms with Crippen LogP contribution in [0.3, 0.4) is 0 Å². The number of thiophene rings is 1. The Morgan fingerprint density at radius 2 is 2.33 bits per heavy atom. The first-order valence-corrected chi connectivity index (χ1v) is 8.50. The van der Waals surface area contributed by atoms with Crippen LogP contribution < -0.4 is 0 Å². The maximum absolute atomic E-state index is 12.2. The summed E-state index contributed by atoms with van der Waals surface area (Å²) in [4.78, 5) is 29.9. The first-order valence-electron chi connectivity index (χ1n) is 7.62. The van der Waals surface area contributed by atoms with Gasteiger partial charge in [0.05, 0.1) is 18.0 Å². The number of amides is 1. The normalized spacial score (nSPS) is 17.8. The van der Waals surface area contributed by atoms with Gasteiger partial charge in [0.2, 0.25) is 17.6 Å². The quantitative estimate of drug-likeness (QED) is 0.839. The summed E-state index contributed by atoms with van der Waals surface area (Å²) in [6.45, 7) is 0.763. The monoisotopic (exact) mass is 351 g/mol. The van der Waals surface area contributed by atoms with E-state index in [2.05, 4.69) is 10.1 Å². The van der Waals surface area contributed by atoms with Gasteiger partial charge in [-0.15, -0.1) is 11.3 Å². The van der Waals surface area contributed by atoms with E-state index in [0.717, 1.165) is 4.88 Å². The van der Waals surface area contributed by atoms with Gasteiger partial charge in [-0.2, -0.15) is 4.98 Å². The maximum atomic E-state index is 12.2. The molecule has 1 N–H and O–H groups in total. The summed E-state index contributed by atoms with van der Waals surface area (Å²) in [7, 11) is 0. The van der Waals surface area contributed by atoms with Crippen molar-refractivity contribution in [1.82, 2.24) is 15.0 Å². The van der Waals surface area contributed by atoms with Crippen molar-refractivity contribution in [1.29, 1.82) is 0 Å². The fraction of sp³-hybridized carbons (Fsp3) is 0.467. The molecule has 0 aliphatic carbocycles. The molecule has 1 atom stereocenters. The number of carboxylic acids is 1. The summed E-state index contributed by atoms with van der Waals surface area (Å²) in [5.41, 5.74) is 0. The fourth-order valence-corrected chi connectivity index (χ4v) is 3.09. The summed E-state index contributed by atoms with van der Waals surface area (Å²) in [5, 5.41) is 14.8. The van der Waals surface area contributed by atoms with Crippen molar-refractivity contribution in [3.63, 3.8) is 0 Å². The number of rotatable bonds is 6. The van der Waals surface area contributed by atoms with Gasteiger partial charge in [0, 0.05) is 19.4 Å². The van der Waals surface area contributed by atoms with Gasteiger partial charge < -0.3 is 19.3 Å². The molecule has 1 aliphatic heterocycles. The van der Waals surface area contributed by atoms with E-state index in [9.17, 15) is 9.59 Å². The molecule has 0 radical (unpaired) electrons. The standard InChI is InChI=1S/C15H17N3O5S/c19-13(18-6-7-22-10(9-18)15(20)21)5-1-4-12-16-14(17-23-12)11-3-2-8-24-11/h2-3,8,10H,1,4-7,9H2,(H,20,21). The number of hydrogen-bond donors (Lipinski definition) is 1. The number of carboxylic acid groups (broad SMARTS) is 1. The highest BCUT2D eigenvalue weighted by molar-refractivity contribution is 7.13. The van der Waals surface area contributed by atoms with Gasteiger partial charge in [-0.25, -0.2) is 4.79 Å². The summed E-state index contributed by atoms with van der Waals surface area (Å²) < 4.78 is 10.3. The topological polar surface area (TPSA) is 106 Å². The van der Waals surface area contributed by atoms with Gasteiger partial charge in [-0.3, -0.25) is 4.79 Å². The van der Waals surface area contributed by atoms with Gasteiger partial charge in [0.1, 0.15) is 0 Å². The Morgan fingerprint density at radius 3 is 3.08 bits per heavy atom. The lowest BCUT2D eigenvalue weighted by Gasteiger charge is -2.30. The molecule has 0 saturated carbocycles. The minimum atomic E-state index is -1.04. The van der Waals surface area contributed by atoms with E-state index >= 15 is 0 Å². The molecule has 2 aromatic rings. The summed E-state index contributed by atoms with van der Waals surface area (Å²) >= 11 is 1.53. The van der Waals surface area contributed by atoms with Gasteiger partial charge in [-0.05, 0) is 17.9 Å². The van der Waals surface area contributed by atoms with Crippen molar-refractivity contribution < 1.29 is 24.0 Å². The van der Waals surface area contributed by atoms with Crippen molar-refractivity contribution in [2.75, 3.05) is 19.7 Å². The Hall–Kier alpha value is -2.26. The van der Waals surface area contributed by atoms with E-state index in [1.165, 1.54) is 16.2 Å². The zero-order valence-corrected chi connectivity index (χ0v) is 13.7. The molecular formula is C15H17N3O5S. The number of aliphatic carboxylic acids is 1. The predicted octanol–water partition coefficient (Wildman–Crippen LogP) is 1.43. The molecule has 24 heavy (non-hydrogen) atoms. The van der Waals surface area contributed by atoms with Gasteiger partial charge in [0.25, 0.3) is 0 Å². The zero-order chi connectivity index (χ0) is 16.9. The number of hydrogen-bond acceptors (Lipinski definition) is 7. The van der Waals surface area contributed by atoms with Crippen LogP contribution >= 0.6 is 11.3 Å². The highest BCUT2D eigenvalue weighted by atomic mass is 32.1. The lowest BCUT2D eigenvalue weighted by Crippen LogP contribution is -2.48. The van der Waals surface area contributed by atoms with E-state index in [-0.39, 0.29) is 19.1 Å². The molecule has 3 heterocycles. The van der Waals surface area contributed by atoms with Crippen molar-refractivity contribution in [3.8, 4) is 10.7 Å². The summed E-state index contributed by atoms with van der Waals surface area (Å²) in [6.07, 6.45) is 0.451. The molecule has 1 unspecified atom stereocenters. The fourth-order valence-electron chi connectivity index (χ4n) is 2.44. The van der Waals surface area contributed by atoms with Crippen molar-refractivity contribution >= 4 is 23.2 Å². The van der Waals surface area contributed by atoms with E-state index in [1.54, 1.807) is 0 Å². The Kier molecular flexibility index (Phi) is 5.21. The molecular weight excluding hydrogens is 334 g/mol. The van der Waals surface area contributed by atoms with E-state index in [1.807, 2.05) is 17.5 Å². The molecule has 2 aromatic heterocycles. The highest BCUT2D eigenvalue weighted by Gasteiger charge is 2.28. The van der Waals surface area contributed by atoms with E-state index in [0.29, 0.717) is 37.5 Å². The number of aryl methyl sites for hydroxylation is 1. The molecule has 1 amide bonds. The Morgan fingerprint density at radius 1 is 1.46 bits per heavy atom. The number of carbonyl (C=O) groups excluding carboxylic acids is 1. The first-order chi connectivity index (χ1) is 11.6. The van der Waals surface area contributed by atoms with Crippen LogP contribution in [0.1, 0.15) is 18.7 Å². The minimum absolute atomic E-state index is 0.0810. The number of ether oxygens (including phenoxy) is 1. The maximum Gasteiger partial charge on any atom is 0.334 e. The number of carbonyl (C=O) groups is 2. The molecule has 9 heteroatoms. The zero-order valence-electron chi connectivity index (χ0n) is 12.9. The van der Waals surface area contributed by atoms with Crippen LogP contribution in [0, 0.1) is 0 Å². The van der Waals surface area contributed by atoms with E-state index < -0.39 is 12.1 Å². The van der Waals surface area contributed by atoms with Crippen molar-refractivity contribution in [3.05, 3.63) is 23.4 Å². The second-order valence-electron chi connectivity index (χ2n) is 5.38. The molecule has 1 fully saturated rings. The van der Waals surface area contributed by atoms with Crippen molar-refractivity contribution in [2.45, 2.75) is 25.4 Å². The molecule has 0 bridgehead atoms. The second kappa shape index (κ2) is 7.54. The van der Waals surface area contributed by atoms with Crippen LogP contribution in [-0.4, -0.2) is 57.8 Å². The average molecular weight is 351 g/mol. The van der Waals surface area contributed by atoms with Crippen molar-refractivity contribution in [2.24, 2.45) is 0 Å². The van der Waals surface area contributed by atoms with Crippen LogP contribution in [0.15, 0.2) is 22.0 Å². The third-order valence-electron chi connectivity index (χ3n) is 3.69. The SMILES string of the molecule is O=C(O)C1CN(C(=O)CCCc2nc(-c3cccs3)no2)CCO1.